The monoisotopic (exact) mass is 208 g/mol. The number of hydrogen-bond donors (Lipinski definition) is 0. The van der Waals surface area contributed by atoms with E-state index in [1.165, 1.54) is 0 Å². The number of Topliss-reactive ketones (excluding diaryl/α,β-unsaturated/α-hetero) is 2. The quantitative estimate of drug-likeness (QED) is 0.663. The predicted molar refractivity (Wildman–Crippen MR) is 58.4 cm³/mol. The molecule has 0 N–H and O–H groups in total. The van der Waals surface area contributed by atoms with Crippen LogP contribution in [0.5, 0.6) is 0 Å². The second kappa shape index (κ2) is 2.93. The van der Waals surface area contributed by atoms with E-state index in [1.54, 1.807) is 6.92 Å². The van der Waals surface area contributed by atoms with E-state index < -0.39 is 0 Å². The summed E-state index contributed by atoms with van der Waals surface area (Å²) in [6.45, 7) is 8.13. The van der Waals surface area contributed by atoms with Gasteiger partial charge < -0.3 is 0 Å². The third-order valence-electron chi connectivity index (χ3n) is 4.57. The molecule has 2 heteroatoms. The smallest absolute Gasteiger partial charge is 0.137 e. The van der Waals surface area contributed by atoms with Crippen molar-refractivity contribution in [3.63, 3.8) is 0 Å². The zero-order valence-corrected chi connectivity index (χ0v) is 10.1. The van der Waals surface area contributed by atoms with Gasteiger partial charge in [0.15, 0.2) is 0 Å². The van der Waals surface area contributed by atoms with E-state index in [9.17, 15) is 9.59 Å². The van der Waals surface area contributed by atoms with Crippen LogP contribution in [0.4, 0.5) is 0 Å². The van der Waals surface area contributed by atoms with Gasteiger partial charge in [0.25, 0.3) is 0 Å². The van der Waals surface area contributed by atoms with E-state index in [-0.39, 0.29) is 28.4 Å². The summed E-state index contributed by atoms with van der Waals surface area (Å²) >= 11 is 0. The van der Waals surface area contributed by atoms with Crippen LogP contribution in [0.15, 0.2) is 0 Å². The van der Waals surface area contributed by atoms with Crippen molar-refractivity contribution in [1.29, 1.82) is 0 Å². The van der Waals surface area contributed by atoms with E-state index in [2.05, 4.69) is 20.8 Å². The Kier molecular flexibility index (Phi) is 2.12. The molecule has 84 valence electrons. The molecule has 0 heterocycles. The fraction of sp³-hybridized carbons (Fsp3) is 0.846. The van der Waals surface area contributed by atoms with E-state index in [4.69, 9.17) is 0 Å². The predicted octanol–water partition coefficient (Wildman–Crippen LogP) is 2.61. The van der Waals surface area contributed by atoms with Crippen LogP contribution >= 0.6 is 0 Å². The van der Waals surface area contributed by atoms with Crippen molar-refractivity contribution in [1.82, 2.24) is 0 Å². The molecule has 3 rings (SSSR count). The Labute approximate surface area is 91.4 Å². The van der Waals surface area contributed by atoms with Gasteiger partial charge in [0.05, 0.1) is 0 Å². The van der Waals surface area contributed by atoms with Crippen LogP contribution in [0, 0.1) is 22.7 Å². The number of carbonyl (C=O) groups is 2. The van der Waals surface area contributed by atoms with Crippen LogP contribution in [-0.4, -0.2) is 11.6 Å². The molecule has 3 saturated carbocycles. The molecule has 2 bridgehead atoms. The molecule has 0 aromatic heterocycles. The first-order chi connectivity index (χ1) is 6.76. The second-order valence-electron chi connectivity index (χ2n) is 6.41. The second-order valence-corrected chi connectivity index (χ2v) is 6.41. The molecule has 3 aliphatic rings. The number of rotatable bonds is 1. The van der Waals surface area contributed by atoms with Gasteiger partial charge in [-0.05, 0) is 30.6 Å². The molecule has 0 aromatic rings. The number of fused-ring (bicyclic) bond motifs is 3. The van der Waals surface area contributed by atoms with E-state index in [0.717, 1.165) is 12.8 Å². The summed E-state index contributed by atoms with van der Waals surface area (Å²) in [6, 6.07) is 0. The van der Waals surface area contributed by atoms with Crippen molar-refractivity contribution in [2.45, 2.75) is 47.0 Å². The third-order valence-corrected chi connectivity index (χ3v) is 4.57. The topological polar surface area (TPSA) is 34.1 Å². The molecule has 0 saturated heterocycles. The lowest BCUT2D eigenvalue weighted by Crippen LogP contribution is -2.55. The van der Waals surface area contributed by atoms with Gasteiger partial charge in [-0.1, -0.05) is 20.8 Å². The molecular weight excluding hydrogens is 188 g/mol. The van der Waals surface area contributed by atoms with Crippen molar-refractivity contribution in [3.05, 3.63) is 0 Å². The zero-order chi connectivity index (χ0) is 11.4. The Morgan fingerprint density at radius 1 is 1.33 bits per heavy atom. The maximum atomic E-state index is 11.9. The molecule has 0 aromatic carbocycles. The largest absolute Gasteiger partial charge is 0.300 e. The Balaban J connectivity index is 2.38. The molecule has 3 fully saturated rings. The Morgan fingerprint density at radius 3 is 2.33 bits per heavy atom. The van der Waals surface area contributed by atoms with Gasteiger partial charge in [-0.3, -0.25) is 9.59 Å². The van der Waals surface area contributed by atoms with Gasteiger partial charge >= 0.3 is 0 Å². The highest BCUT2D eigenvalue weighted by atomic mass is 16.1. The Hall–Kier alpha value is -0.660. The maximum Gasteiger partial charge on any atom is 0.137 e. The van der Waals surface area contributed by atoms with Crippen molar-refractivity contribution in [2.75, 3.05) is 0 Å². The summed E-state index contributed by atoms with van der Waals surface area (Å²) in [6.07, 6.45) is 2.42. The van der Waals surface area contributed by atoms with E-state index in [1.807, 2.05) is 0 Å². The minimum atomic E-state index is -0.0683. The first-order valence-electron chi connectivity index (χ1n) is 5.79. The average Bonchev–Trinajstić information content (AvgIpc) is 1.97. The normalized spacial score (nSPS) is 43.1. The third kappa shape index (κ3) is 1.45. The molecular formula is C13H20O2. The SMILES string of the molecule is CC(=O)C1CC2C(=O)CC1(C)CC2(C)C. The fourth-order valence-electron chi connectivity index (χ4n) is 4.06. The van der Waals surface area contributed by atoms with Crippen LogP contribution in [0.3, 0.4) is 0 Å². The first-order valence-corrected chi connectivity index (χ1v) is 5.79. The van der Waals surface area contributed by atoms with Crippen LogP contribution in [0.1, 0.15) is 47.0 Å². The maximum absolute atomic E-state index is 11.9. The molecule has 3 aliphatic carbocycles. The van der Waals surface area contributed by atoms with Gasteiger partial charge in [0.2, 0.25) is 0 Å². The highest BCUT2D eigenvalue weighted by Crippen LogP contribution is 2.59. The Morgan fingerprint density at radius 2 is 1.93 bits per heavy atom. The van der Waals surface area contributed by atoms with Crippen molar-refractivity contribution in [2.24, 2.45) is 22.7 Å². The minimum Gasteiger partial charge on any atom is -0.300 e. The fourth-order valence-corrected chi connectivity index (χ4v) is 4.06. The summed E-state index contributed by atoms with van der Waals surface area (Å²) in [5.74, 6) is 0.887. The van der Waals surface area contributed by atoms with Gasteiger partial charge in [0.1, 0.15) is 11.6 Å². The summed E-state index contributed by atoms with van der Waals surface area (Å²) in [7, 11) is 0. The average molecular weight is 208 g/mol. The summed E-state index contributed by atoms with van der Waals surface area (Å²) < 4.78 is 0. The lowest BCUT2D eigenvalue weighted by Gasteiger charge is -2.56. The molecule has 0 aliphatic heterocycles. The summed E-state index contributed by atoms with van der Waals surface area (Å²) in [5, 5.41) is 0. The number of hydrogen-bond acceptors (Lipinski definition) is 2. The van der Waals surface area contributed by atoms with Crippen LogP contribution < -0.4 is 0 Å². The Bertz CT molecular complexity index is 329. The molecule has 15 heavy (non-hydrogen) atoms. The standard InChI is InChI=1S/C13H20O2/c1-8(14)9-5-10-11(15)6-13(9,4)7-12(10,2)3/h9-10H,5-7H2,1-4H3. The highest BCUT2D eigenvalue weighted by Gasteiger charge is 2.57. The van der Waals surface area contributed by atoms with Gasteiger partial charge in [-0.2, -0.15) is 0 Å². The number of carbonyl (C=O) groups excluding carboxylic acids is 2. The zero-order valence-electron chi connectivity index (χ0n) is 10.1. The molecule has 3 unspecified atom stereocenters. The molecule has 0 radical (unpaired) electrons. The van der Waals surface area contributed by atoms with Crippen LogP contribution in [0.2, 0.25) is 0 Å². The summed E-state index contributed by atoms with van der Waals surface area (Å²) in [5.41, 5.74) is 0.0250. The van der Waals surface area contributed by atoms with Gasteiger partial charge in [-0.25, -0.2) is 0 Å². The first kappa shape index (κ1) is 10.8. The molecule has 0 spiro atoms. The lowest BCUT2D eigenvalue weighted by molar-refractivity contribution is -0.155. The molecule has 0 amide bonds. The lowest BCUT2D eigenvalue weighted by atomic mass is 9.46. The summed E-state index contributed by atoms with van der Waals surface area (Å²) in [4.78, 5) is 23.5. The minimum absolute atomic E-state index is 0.0683. The van der Waals surface area contributed by atoms with Crippen molar-refractivity contribution < 1.29 is 9.59 Å². The van der Waals surface area contributed by atoms with E-state index in [0.29, 0.717) is 12.2 Å². The molecule has 3 atom stereocenters. The molecule has 2 nitrogen and oxygen atoms in total. The van der Waals surface area contributed by atoms with Crippen molar-refractivity contribution >= 4 is 11.6 Å². The van der Waals surface area contributed by atoms with Gasteiger partial charge in [-0.15, -0.1) is 0 Å². The van der Waals surface area contributed by atoms with Crippen LogP contribution in [-0.2, 0) is 9.59 Å². The van der Waals surface area contributed by atoms with Gasteiger partial charge in [0, 0.05) is 18.3 Å². The van der Waals surface area contributed by atoms with Crippen LogP contribution in [0.25, 0.3) is 0 Å². The number of ketones is 2. The highest BCUT2D eigenvalue weighted by molar-refractivity contribution is 5.89. The van der Waals surface area contributed by atoms with E-state index >= 15 is 0 Å². The van der Waals surface area contributed by atoms with Crippen molar-refractivity contribution in [3.8, 4) is 0 Å².